The van der Waals surface area contributed by atoms with Crippen molar-refractivity contribution in [2.45, 2.75) is 0 Å². The third-order valence-corrected chi connectivity index (χ3v) is 5.49. The zero-order valence-electron chi connectivity index (χ0n) is 15.2. The smallest absolute Gasteiger partial charge is 0.363 e. The number of fused-ring (bicyclic) bond motifs is 1. The zero-order valence-corrected chi connectivity index (χ0v) is 18.4. The second-order valence-corrected chi connectivity index (χ2v) is 7.98. The number of halogens is 2. The third kappa shape index (κ3) is 4.04. The topological polar surface area (TPSA) is 47.9 Å². The molecular formula is C23H15Br2NO3. The largest absolute Gasteiger partial charge is 0.487 e. The van der Waals surface area contributed by atoms with Crippen LogP contribution < -0.4 is 4.74 Å². The first-order valence-electron chi connectivity index (χ1n) is 8.80. The zero-order chi connectivity index (χ0) is 20.4. The normalized spacial score (nSPS) is 14.8. The van der Waals surface area contributed by atoms with Crippen molar-refractivity contribution in [1.29, 1.82) is 0 Å². The Kier molecular flexibility index (Phi) is 5.65. The van der Waals surface area contributed by atoms with Gasteiger partial charge in [-0.1, -0.05) is 49.1 Å². The van der Waals surface area contributed by atoms with Crippen LogP contribution in [0, 0.1) is 0 Å². The summed E-state index contributed by atoms with van der Waals surface area (Å²) in [4.78, 5) is 16.9. The molecule has 4 nitrogen and oxygen atoms in total. The molecule has 0 fully saturated rings. The van der Waals surface area contributed by atoms with E-state index in [4.69, 9.17) is 9.47 Å². The Bertz CT molecular complexity index is 1170. The summed E-state index contributed by atoms with van der Waals surface area (Å²) in [6.45, 7) is 4.04. The fourth-order valence-corrected chi connectivity index (χ4v) is 4.49. The Labute approximate surface area is 184 Å². The lowest BCUT2D eigenvalue weighted by molar-refractivity contribution is -0.129. The van der Waals surface area contributed by atoms with Crippen molar-refractivity contribution >= 4 is 60.6 Å². The van der Waals surface area contributed by atoms with E-state index in [-0.39, 0.29) is 5.70 Å². The standard InChI is InChI=1S/C23H15Br2NO3/c1-2-10-28-21-18(24)11-14(12-19(21)25)13-20-23(27)29-22(26-20)17-9-5-7-15-6-3-4-8-16(15)17/h2-9,11-13H,1,10H2/b20-13-. The molecule has 0 saturated carbocycles. The Balaban J connectivity index is 1.71. The summed E-state index contributed by atoms with van der Waals surface area (Å²) in [5.74, 6) is 0.496. The van der Waals surface area contributed by atoms with Gasteiger partial charge >= 0.3 is 5.97 Å². The molecule has 29 heavy (non-hydrogen) atoms. The SMILES string of the molecule is C=CCOc1c(Br)cc(/C=C2\N=C(c3cccc4ccccc34)OC2=O)cc1Br. The van der Waals surface area contributed by atoms with Crippen LogP contribution in [0.3, 0.4) is 0 Å². The van der Waals surface area contributed by atoms with Crippen LogP contribution in [-0.4, -0.2) is 18.5 Å². The van der Waals surface area contributed by atoms with Crippen LogP contribution in [0.15, 0.2) is 86.9 Å². The lowest BCUT2D eigenvalue weighted by Gasteiger charge is -2.09. The van der Waals surface area contributed by atoms with E-state index in [9.17, 15) is 4.79 Å². The molecule has 0 amide bonds. The van der Waals surface area contributed by atoms with E-state index in [1.54, 1.807) is 12.2 Å². The summed E-state index contributed by atoms with van der Waals surface area (Å²) in [6.07, 6.45) is 3.36. The predicted octanol–water partition coefficient (Wildman–Crippen LogP) is 6.27. The number of benzene rings is 3. The molecule has 0 unspecified atom stereocenters. The minimum atomic E-state index is -0.479. The van der Waals surface area contributed by atoms with Crippen molar-refractivity contribution in [3.63, 3.8) is 0 Å². The Morgan fingerprint density at radius 2 is 1.79 bits per heavy atom. The van der Waals surface area contributed by atoms with E-state index in [0.29, 0.717) is 18.3 Å². The number of rotatable bonds is 5. The van der Waals surface area contributed by atoms with Gasteiger partial charge in [0.05, 0.1) is 8.95 Å². The van der Waals surface area contributed by atoms with Crippen LogP contribution in [0.4, 0.5) is 0 Å². The van der Waals surface area contributed by atoms with E-state index < -0.39 is 5.97 Å². The van der Waals surface area contributed by atoms with Gasteiger partial charge in [0.25, 0.3) is 0 Å². The van der Waals surface area contributed by atoms with Gasteiger partial charge in [-0.3, -0.25) is 0 Å². The van der Waals surface area contributed by atoms with Crippen molar-refractivity contribution in [2.75, 3.05) is 6.61 Å². The highest BCUT2D eigenvalue weighted by Crippen LogP contribution is 2.36. The minimum absolute atomic E-state index is 0.242. The lowest BCUT2D eigenvalue weighted by atomic mass is 10.0. The van der Waals surface area contributed by atoms with Gasteiger partial charge in [0.1, 0.15) is 12.4 Å². The van der Waals surface area contributed by atoms with Gasteiger partial charge in [-0.2, -0.15) is 0 Å². The van der Waals surface area contributed by atoms with Gasteiger partial charge in [0.15, 0.2) is 5.70 Å². The minimum Gasteiger partial charge on any atom is -0.487 e. The second kappa shape index (κ2) is 8.35. The Hall–Kier alpha value is -2.70. The molecule has 144 valence electrons. The second-order valence-electron chi connectivity index (χ2n) is 6.28. The van der Waals surface area contributed by atoms with E-state index in [0.717, 1.165) is 30.8 Å². The Morgan fingerprint density at radius 3 is 2.55 bits per heavy atom. The fourth-order valence-electron chi connectivity index (χ4n) is 3.04. The Morgan fingerprint density at radius 1 is 1.07 bits per heavy atom. The summed E-state index contributed by atoms with van der Waals surface area (Å²) in [5.41, 5.74) is 1.81. The number of ether oxygens (including phenoxy) is 2. The van der Waals surface area contributed by atoms with E-state index in [2.05, 4.69) is 43.4 Å². The molecule has 3 aromatic rings. The van der Waals surface area contributed by atoms with Crippen molar-refractivity contribution in [1.82, 2.24) is 0 Å². The van der Waals surface area contributed by atoms with Crippen molar-refractivity contribution in [2.24, 2.45) is 4.99 Å². The molecular weight excluding hydrogens is 498 g/mol. The first-order chi connectivity index (χ1) is 14.1. The number of aliphatic imine (C=N–C) groups is 1. The quantitative estimate of drug-likeness (QED) is 0.230. The number of carbonyl (C=O) groups excluding carboxylic acids is 1. The number of nitrogens with zero attached hydrogens (tertiary/aromatic N) is 1. The summed E-state index contributed by atoms with van der Waals surface area (Å²) >= 11 is 7.00. The first-order valence-corrected chi connectivity index (χ1v) is 10.4. The van der Waals surface area contributed by atoms with Crippen LogP contribution >= 0.6 is 31.9 Å². The third-order valence-electron chi connectivity index (χ3n) is 4.31. The summed E-state index contributed by atoms with van der Waals surface area (Å²) in [7, 11) is 0. The molecule has 0 bridgehead atoms. The maximum Gasteiger partial charge on any atom is 0.363 e. The number of carbonyl (C=O) groups is 1. The van der Waals surface area contributed by atoms with Crippen LogP contribution in [0.1, 0.15) is 11.1 Å². The van der Waals surface area contributed by atoms with Gasteiger partial charge in [-0.05, 0) is 72.5 Å². The molecule has 1 aliphatic heterocycles. The average Bonchev–Trinajstić information content (AvgIpc) is 3.07. The predicted molar refractivity (Wildman–Crippen MR) is 122 cm³/mol. The highest BCUT2D eigenvalue weighted by molar-refractivity contribution is 9.11. The van der Waals surface area contributed by atoms with Crippen LogP contribution in [0.2, 0.25) is 0 Å². The van der Waals surface area contributed by atoms with Crippen molar-refractivity contribution < 1.29 is 14.3 Å². The fraction of sp³-hybridized carbons (Fsp3) is 0.0435. The van der Waals surface area contributed by atoms with Gasteiger partial charge in [-0.25, -0.2) is 9.79 Å². The number of esters is 1. The molecule has 6 heteroatoms. The van der Waals surface area contributed by atoms with Gasteiger partial charge < -0.3 is 9.47 Å². The monoisotopic (exact) mass is 511 g/mol. The van der Waals surface area contributed by atoms with Crippen LogP contribution in [0.25, 0.3) is 16.8 Å². The number of cyclic esters (lactones) is 1. The molecule has 0 radical (unpaired) electrons. The van der Waals surface area contributed by atoms with Crippen molar-refractivity contribution in [3.05, 3.63) is 93.0 Å². The average molecular weight is 513 g/mol. The highest BCUT2D eigenvalue weighted by Gasteiger charge is 2.25. The molecule has 1 heterocycles. The maximum absolute atomic E-state index is 12.4. The molecule has 0 N–H and O–H groups in total. The van der Waals surface area contributed by atoms with Crippen LogP contribution in [0.5, 0.6) is 5.75 Å². The maximum atomic E-state index is 12.4. The molecule has 0 saturated heterocycles. The molecule has 4 rings (SSSR count). The van der Waals surface area contributed by atoms with Gasteiger partial charge in [0.2, 0.25) is 5.90 Å². The van der Waals surface area contributed by atoms with E-state index >= 15 is 0 Å². The molecule has 3 aromatic carbocycles. The summed E-state index contributed by atoms with van der Waals surface area (Å²) < 4.78 is 12.6. The first kappa shape index (κ1) is 19.6. The molecule has 1 aliphatic rings. The van der Waals surface area contributed by atoms with E-state index in [1.807, 2.05) is 54.6 Å². The number of hydrogen-bond donors (Lipinski definition) is 0. The molecule has 0 atom stereocenters. The van der Waals surface area contributed by atoms with Gasteiger partial charge in [-0.15, -0.1) is 0 Å². The molecule has 0 aliphatic carbocycles. The highest BCUT2D eigenvalue weighted by atomic mass is 79.9. The molecule has 0 spiro atoms. The van der Waals surface area contributed by atoms with E-state index in [1.165, 1.54) is 0 Å². The lowest BCUT2D eigenvalue weighted by Crippen LogP contribution is -2.05. The number of hydrogen-bond acceptors (Lipinski definition) is 4. The summed E-state index contributed by atoms with van der Waals surface area (Å²) in [5, 5.41) is 2.04. The van der Waals surface area contributed by atoms with Gasteiger partial charge in [0, 0.05) is 5.56 Å². The van der Waals surface area contributed by atoms with Crippen molar-refractivity contribution in [3.8, 4) is 5.75 Å². The van der Waals surface area contributed by atoms with Crippen LogP contribution in [-0.2, 0) is 9.53 Å². The molecule has 0 aromatic heterocycles. The summed E-state index contributed by atoms with van der Waals surface area (Å²) in [6, 6.07) is 17.5.